The van der Waals surface area contributed by atoms with Crippen LogP contribution >= 0.6 is 0 Å². The SMILES string of the molecule is CCN(CC(C)(C)O)c1nccn1CC. The normalized spacial score (nSPS) is 11.8. The molecule has 1 N–H and O–H groups in total. The van der Waals surface area contributed by atoms with Crippen molar-refractivity contribution in [2.45, 2.75) is 39.8 Å². The Kier molecular flexibility index (Phi) is 3.74. The van der Waals surface area contributed by atoms with Crippen molar-refractivity contribution in [1.82, 2.24) is 9.55 Å². The molecule has 0 aliphatic rings. The first-order valence-electron chi connectivity index (χ1n) is 5.46. The van der Waals surface area contributed by atoms with Crippen molar-refractivity contribution in [3.05, 3.63) is 12.4 Å². The summed E-state index contributed by atoms with van der Waals surface area (Å²) >= 11 is 0. The zero-order valence-corrected chi connectivity index (χ0v) is 10.1. The number of aromatic nitrogens is 2. The van der Waals surface area contributed by atoms with Crippen LogP contribution in [0.15, 0.2) is 12.4 Å². The smallest absolute Gasteiger partial charge is 0.205 e. The lowest BCUT2D eigenvalue weighted by Crippen LogP contribution is -2.39. The summed E-state index contributed by atoms with van der Waals surface area (Å²) in [5, 5.41) is 9.80. The maximum atomic E-state index is 9.80. The number of hydrogen-bond donors (Lipinski definition) is 1. The van der Waals surface area contributed by atoms with Gasteiger partial charge >= 0.3 is 0 Å². The fourth-order valence-corrected chi connectivity index (χ4v) is 1.62. The Labute approximate surface area is 91.5 Å². The molecule has 0 aliphatic carbocycles. The lowest BCUT2D eigenvalue weighted by Gasteiger charge is -2.29. The molecule has 86 valence electrons. The van der Waals surface area contributed by atoms with Gasteiger partial charge in [-0.2, -0.15) is 0 Å². The second kappa shape index (κ2) is 4.66. The fourth-order valence-electron chi connectivity index (χ4n) is 1.62. The summed E-state index contributed by atoms with van der Waals surface area (Å²) in [5.41, 5.74) is -0.694. The van der Waals surface area contributed by atoms with Gasteiger partial charge in [0.25, 0.3) is 0 Å². The quantitative estimate of drug-likeness (QED) is 0.802. The van der Waals surface area contributed by atoms with E-state index in [1.54, 1.807) is 6.20 Å². The van der Waals surface area contributed by atoms with E-state index in [4.69, 9.17) is 0 Å². The second-order valence-corrected chi connectivity index (χ2v) is 4.34. The van der Waals surface area contributed by atoms with E-state index in [1.165, 1.54) is 0 Å². The molecule has 15 heavy (non-hydrogen) atoms. The maximum Gasteiger partial charge on any atom is 0.205 e. The Morgan fingerprint density at radius 1 is 1.47 bits per heavy atom. The molecule has 0 aliphatic heterocycles. The number of aryl methyl sites for hydroxylation is 1. The summed E-state index contributed by atoms with van der Waals surface area (Å²) in [4.78, 5) is 6.41. The molecule has 0 saturated heterocycles. The molecule has 0 unspecified atom stereocenters. The van der Waals surface area contributed by atoms with Crippen LogP contribution in [0.4, 0.5) is 5.95 Å². The lowest BCUT2D eigenvalue weighted by atomic mass is 10.1. The Balaban J connectivity index is 2.83. The van der Waals surface area contributed by atoms with Crippen molar-refractivity contribution in [1.29, 1.82) is 0 Å². The first-order chi connectivity index (χ1) is 6.98. The molecule has 1 heterocycles. The Bertz CT molecular complexity index is 301. The lowest BCUT2D eigenvalue weighted by molar-refractivity contribution is 0.0871. The van der Waals surface area contributed by atoms with Gasteiger partial charge in [-0.15, -0.1) is 0 Å². The van der Waals surface area contributed by atoms with E-state index >= 15 is 0 Å². The van der Waals surface area contributed by atoms with Crippen LogP contribution < -0.4 is 4.90 Å². The molecule has 4 nitrogen and oxygen atoms in total. The van der Waals surface area contributed by atoms with Crippen LogP contribution in [0.1, 0.15) is 27.7 Å². The number of rotatable bonds is 5. The summed E-state index contributed by atoms with van der Waals surface area (Å²) in [5.74, 6) is 0.933. The molecule has 0 fully saturated rings. The molecule has 1 aromatic heterocycles. The van der Waals surface area contributed by atoms with E-state index < -0.39 is 5.60 Å². The van der Waals surface area contributed by atoms with Crippen molar-refractivity contribution in [2.24, 2.45) is 0 Å². The molecule has 0 spiro atoms. The maximum absolute atomic E-state index is 9.80. The average molecular weight is 211 g/mol. The molecule has 1 rings (SSSR count). The van der Waals surface area contributed by atoms with Crippen LogP contribution in [0, 0.1) is 0 Å². The molecule has 0 saturated carbocycles. The number of aliphatic hydroxyl groups is 1. The highest BCUT2D eigenvalue weighted by molar-refractivity contribution is 5.31. The Morgan fingerprint density at radius 2 is 2.13 bits per heavy atom. The molecule has 0 radical (unpaired) electrons. The molecule has 0 bridgehead atoms. The van der Waals surface area contributed by atoms with E-state index in [-0.39, 0.29) is 0 Å². The Morgan fingerprint density at radius 3 is 2.60 bits per heavy atom. The van der Waals surface area contributed by atoms with Crippen LogP contribution in [0.3, 0.4) is 0 Å². The van der Waals surface area contributed by atoms with Crippen molar-refractivity contribution in [2.75, 3.05) is 18.0 Å². The molecule has 0 amide bonds. The van der Waals surface area contributed by atoms with Gasteiger partial charge in [0.15, 0.2) is 0 Å². The zero-order valence-electron chi connectivity index (χ0n) is 10.1. The van der Waals surface area contributed by atoms with E-state index in [0.717, 1.165) is 19.0 Å². The third kappa shape index (κ3) is 3.23. The van der Waals surface area contributed by atoms with Crippen LogP contribution in [0.2, 0.25) is 0 Å². The van der Waals surface area contributed by atoms with Crippen molar-refractivity contribution in [3.8, 4) is 0 Å². The summed E-state index contributed by atoms with van der Waals surface area (Å²) in [6, 6.07) is 0. The summed E-state index contributed by atoms with van der Waals surface area (Å²) < 4.78 is 2.08. The van der Waals surface area contributed by atoms with Crippen LogP contribution in [0.5, 0.6) is 0 Å². The average Bonchev–Trinajstić information content (AvgIpc) is 2.60. The first-order valence-corrected chi connectivity index (χ1v) is 5.46. The van der Waals surface area contributed by atoms with Crippen LogP contribution in [-0.4, -0.2) is 33.3 Å². The number of hydrogen-bond acceptors (Lipinski definition) is 3. The second-order valence-electron chi connectivity index (χ2n) is 4.34. The third-order valence-electron chi connectivity index (χ3n) is 2.28. The van der Waals surface area contributed by atoms with Crippen LogP contribution in [0.25, 0.3) is 0 Å². The van der Waals surface area contributed by atoms with Crippen molar-refractivity contribution in [3.63, 3.8) is 0 Å². The summed E-state index contributed by atoms with van der Waals surface area (Å²) in [6.45, 7) is 10.1. The zero-order chi connectivity index (χ0) is 11.5. The number of nitrogens with zero attached hydrogens (tertiary/aromatic N) is 3. The number of likely N-dealkylation sites (N-methyl/N-ethyl adjacent to an activating group) is 1. The predicted molar refractivity (Wildman–Crippen MR) is 62.1 cm³/mol. The van der Waals surface area contributed by atoms with Crippen LogP contribution in [-0.2, 0) is 6.54 Å². The largest absolute Gasteiger partial charge is 0.389 e. The number of imidazole rings is 1. The predicted octanol–water partition coefficient (Wildman–Crippen LogP) is 1.50. The van der Waals surface area contributed by atoms with Gasteiger partial charge in [-0.25, -0.2) is 4.98 Å². The van der Waals surface area contributed by atoms with Gasteiger partial charge in [-0.05, 0) is 27.7 Å². The van der Waals surface area contributed by atoms with E-state index in [1.807, 2.05) is 20.0 Å². The van der Waals surface area contributed by atoms with E-state index in [9.17, 15) is 5.11 Å². The molecule has 0 aromatic carbocycles. The minimum absolute atomic E-state index is 0.598. The molecule has 0 atom stereocenters. The molecular formula is C11H21N3O. The summed E-state index contributed by atoms with van der Waals surface area (Å²) in [7, 11) is 0. The monoisotopic (exact) mass is 211 g/mol. The van der Waals surface area contributed by atoms with Gasteiger partial charge < -0.3 is 14.6 Å². The van der Waals surface area contributed by atoms with Gasteiger partial charge in [0.05, 0.1) is 5.60 Å². The molecule has 4 heteroatoms. The Hall–Kier alpha value is -1.03. The standard InChI is InChI=1S/C11H21N3O/c1-5-13-8-7-12-10(13)14(6-2)9-11(3,4)15/h7-8,15H,5-6,9H2,1-4H3. The first kappa shape index (κ1) is 12.0. The van der Waals surface area contributed by atoms with Crippen molar-refractivity contribution >= 4 is 5.95 Å². The van der Waals surface area contributed by atoms with Gasteiger partial charge in [0, 0.05) is 32.0 Å². The summed E-state index contributed by atoms with van der Waals surface area (Å²) in [6.07, 6.45) is 3.76. The highest BCUT2D eigenvalue weighted by Crippen LogP contribution is 2.14. The van der Waals surface area contributed by atoms with Gasteiger partial charge in [0.1, 0.15) is 0 Å². The fraction of sp³-hybridized carbons (Fsp3) is 0.727. The van der Waals surface area contributed by atoms with Gasteiger partial charge in [-0.1, -0.05) is 0 Å². The van der Waals surface area contributed by atoms with Gasteiger partial charge in [-0.3, -0.25) is 0 Å². The molecule has 1 aromatic rings. The van der Waals surface area contributed by atoms with Crippen molar-refractivity contribution < 1.29 is 5.11 Å². The minimum Gasteiger partial charge on any atom is -0.389 e. The minimum atomic E-state index is -0.694. The number of anilines is 1. The van der Waals surface area contributed by atoms with E-state index in [2.05, 4.69) is 28.3 Å². The highest BCUT2D eigenvalue weighted by atomic mass is 16.3. The topological polar surface area (TPSA) is 41.3 Å². The highest BCUT2D eigenvalue weighted by Gasteiger charge is 2.19. The third-order valence-corrected chi connectivity index (χ3v) is 2.28. The molecular weight excluding hydrogens is 190 g/mol. The van der Waals surface area contributed by atoms with Gasteiger partial charge in [0.2, 0.25) is 5.95 Å². The van der Waals surface area contributed by atoms with E-state index in [0.29, 0.717) is 6.54 Å².